The van der Waals surface area contributed by atoms with Gasteiger partial charge in [-0.2, -0.15) is 0 Å². The molecule has 42 heavy (non-hydrogen) atoms. The average Bonchev–Trinajstić information content (AvgIpc) is 3.59. The molecule has 0 amide bonds. The summed E-state index contributed by atoms with van der Waals surface area (Å²) in [4.78, 5) is 33.8. The number of carboxylic acids is 2. The van der Waals surface area contributed by atoms with Crippen LogP contribution in [0.4, 0.5) is 0 Å². The Labute approximate surface area is 245 Å². The number of rotatable bonds is 8. The third kappa shape index (κ3) is 5.20. The molecule has 8 heteroatoms. The summed E-state index contributed by atoms with van der Waals surface area (Å²) in [7, 11) is 0. The third-order valence-electron chi connectivity index (χ3n) is 8.75. The quantitative estimate of drug-likeness (QED) is 0.242. The maximum Gasteiger partial charge on any atom is 0.303 e. The second kappa shape index (κ2) is 11.3. The largest absolute Gasteiger partial charge is 0.481 e. The van der Waals surface area contributed by atoms with E-state index in [4.69, 9.17) is 0 Å². The zero-order chi connectivity index (χ0) is 30.3. The Hall–Kier alpha value is -4.72. The number of hydrogen-bond donors (Lipinski definition) is 6. The summed E-state index contributed by atoms with van der Waals surface area (Å²) in [6.07, 6.45) is 11.4. The number of H-pyrrole nitrogens is 3. The molecule has 0 saturated heterocycles. The molecule has 6 N–H and O–H groups in total. The van der Waals surface area contributed by atoms with E-state index in [0.29, 0.717) is 12.8 Å². The number of carboxylic acid groups (broad SMARTS) is 2. The number of aromatic nitrogens is 3. The van der Waals surface area contributed by atoms with E-state index in [-0.39, 0.29) is 18.9 Å². The summed E-state index contributed by atoms with van der Waals surface area (Å²) in [6, 6.07) is 0.0266. The van der Waals surface area contributed by atoms with Gasteiger partial charge in [-0.15, -0.1) is 0 Å². The maximum absolute atomic E-state index is 11.5. The molecule has 2 aliphatic rings. The lowest BCUT2D eigenvalue weighted by Crippen LogP contribution is -2.26. The number of carbonyl (C=O) groups is 2. The lowest BCUT2D eigenvalue weighted by atomic mass is 9.99. The zero-order valence-corrected chi connectivity index (χ0v) is 24.6. The molecule has 5 heterocycles. The van der Waals surface area contributed by atoms with Crippen molar-refractivity contribution < 1.29 is 19.8 Å². The molecule has 0 aromatic carbocycles. The topological polar surface area (TPSA) is 134 Å². The smallest absolute Gasteiger partial charge is 0.303 e. The van der Waals surface area contributed by atoms with Gasteiger partial charge in [-0.25, -0.2) is 0 Å². The van der Waals surface area contributed by atoms with E-state index in [2.05, 4.69) is 59.4 Å². The predicted molar refractivity (Wildman–Crippen MR) is 166 cm³/mol. The highest BCUT2D eigenvalue weighted by molar-refractivity contribution is 5.71. The summed E-state index contributed by atoms with van der Waals surface area (Å²) < 4.78 is 0. The first kappa shape index (κ1) is 28.8. The highest BCUT2D eigenvalue weighted by Gasteiger charge is 2.27. The van der Waals surface area contributed by atoms with Crippen molar-refractivity contribution in [3.05, 3.63) is 103 Å². The van der Waals surface area contributed by atoms with Crippen LogP contribution in [0.2, 0.25) is 0 Å². The number of nitrogens with one attached hydrogen (secondary N) is 4. The van der Waals surface area contributed by atoms with Gasteiger partial charge in [-0.05, 0) is 97.7 Å². The molecule has 5 rings (SSSR count). The fourth-order valence-corrected chi connectivity index (χ4v) is 6.30. The second-order valence-electron chi connectivity index (χ2n) is 11.2. The molecule has 8 nitrogen and oxygen atoms in total. The Morgan fingerprint density at radius 3 is 2.12 bits per heavy atom. The van der Waals surface area contributed by atoms with E-state index < -0.39 is 11.9 Å². The summed E-state index contributed by atoms with van der Waals surface area (Å²) >= 11 is 0. The van der Waals surface area contributed by atoms with E-state index in [0.717, 1.165) is 90.1 Å². The molecule has 1 unspecified atom stereocenters. The Morgan fingerprint density at radius 1 is 0.810 bits per heavy atom. The molecule has 0 saturated carbocycles. The Kier molecular flexibility index (Phi) is 7.73. The fourth-order valence-electron chi connectivity index (χ4n) is 6.30. The van der Waals surface area contributed by atoms with Crippen molar-refractivity contribution in [2.75, 3.05) is 0 Å². The first-order chi connectivity index (χ1) is 20.0. The van der Waals surface area contributed by atoms with Crippen molar-refractivity contribution in [2.24, 2.45) is 0 Å². The highest BCUT2D eigenvalue weighted by Crippen LogP contribution is 2.32. The van der Waals surface area contributed by atoms with Crippen LogP contribution in [0.5, 0.6) is 0 Å². The standard InChI is InChI=1S/C34H38N4O4/c1-7-21-17(3)25-13-26-19(5)23(9-11-33(39)40)31(37-26)16-32-24(10-12-34(41)42)20(6)28(38-32)15-30-22(8-2)18(4)27(36-30)14-29(21)35-25/h7-8,13,15-16,29,35-38H,1-2,9-12,14H2,3-6H3,(H,39,40)(H,41,42)/b25-13-,28-15-,32-16-. The third-order valence-corrected chi connectivity index (χ3v) is 8.75. The Balaban J connectivity index is 1.84. The number of fused-ring (bicyclic) bond motifs is 8. The van der Waals surface area contributed by atoms with Gasteiger partial charge < -0.3 is 30.5 Å². The predicted octanol–water partition coefficient (Wildman–Crippen LogP) is 4.30. The normalized spacial score (nSPS) is 18.8. The summed E-state index contributed by atoms with van der Waals surface area (Å²) in [5.74, 6) is -1.72. The maximum atomic E-state index is 11.5. The molecule has 2 aliphatic heterocycles. The molecule has 3 aromatic rings. The van der Waals surface area contributed by atoms with Crippen molar-refractivity contribution in [3.63, 3.8) is 0 Å². The van der Waals surface area contributed by atoms with Gasteiger partial charge in [0, 0.05) is 64.0 Å². The van der Waals surface area contributed by atoms with E-state index in [1.807, 2.05) is 32.1 Å². The molecule has 3 aromatic heterocycles. The molecule has 0 radical (unpaired) electrons. The molecule has 0 fully saturated rings. The van der Waals surface area contributed by atoms with Crippen LogP contribution in [-0.2, 0) is 28.9 Å². The van der Waals surface area contributed by atoms with Crippen molar-refractivity contribution in [1.29, 1.82) is 0 Å². The van der Waals surface area contributed by atoms with Crippen LogP contribution in [0, 0.1) is 20.8 Å². The van der Waals surface area contributed by atoms with Crippen LogP contribution in [0.1, 0.15) is 75.9 Å². The number of hydrogen-bond acceptors (Lipinski definition) is 3. The minimum Gasteiger partial charge on any atom is -0.481 e. The lowest BCUT2D eigenvalue weighted by Gasteiger charge is -2.14. The molecular weight excluding hydrogens is 528 g/mol. The van der Waals surface area contributed by atoms with Crippen molar-refractivity contribution >= 4 is 36.2 Å². The zero-order valence-electron chi connectivity index (χ0n) is 24.6. The number of aliphatic carboxylic acids is 2. The van der Waals surface area contributed by atoms with E-state index in [1.54, 1.807) is 0 Å². The SMILES string of the molecule is C=CC1=C(C)/C2=C/c3[nH]c(c(CCC(=O)O)c3C)/C=c3\[nH]/c(c(C)c3CCC(=O)O)=C\c3[nH]c(c(C)c3C=C)CC1N2. The second-order valence-corrected chi connectivity index (χ2v) is 11.2. The number of allylic oxidation sites excluding steroid dienone is 1. The van der Waals surface area contributed by atoms with E-state index in [9.17, 15) is 19.8 Å². The van der Waals surface area contributed by atoms with Gasteiger partial charge in [-0.1, -0.05) is 25.3 Å². The van der Waals surface area contributed by atoms with E-state index in [1.165, 1.54) is 0 Å². The molecule has 8 bridgehead atoms. The van der Waals surface area contributed by atoms with Crippen LogP contribution >= 0.6 is 0 Å². The minimum atomic E-state index is -0.860. The van der Waals surface area contributed by atoms with Gasteiger partial charge in [0.2, 0.25) is 0 Å². The van der Waals surface area contributed by atoms with Gasteiger partial charge in [0.1, 0.15) is 0 Å². The van der Waals surface area contributed by atoms with Gasteiger partial charge in [0.25, 0.3) is 0 Å². The van der Waals surface area contributed by atoms with Crippen molar-refractivity contribution in [1.82, 2.24) is 20.3 Å². The van der Waals surface area contributed by atoms with Crippen molar-refractivity contribution in [3.8, 4) is 0 Å². The van der Waals surface area contributed by atoms with Gasteiger partial charge in [0.15, 0.2) is 0 Å². The first-order valence-corrected chi connectivity index (χ1v) is 14.2. The van der Waals surface area contributed by atoms with Gasteiger partial charge in [-0.3, -0.25) is 9.59 Å². The summed E-state index contributed by atoms with van der Waals surface area (Å²) in [5.41, 5.74) is 12.9. The monoisotopic (exact) mass is 566 g/mol. The minimum absolute atomic E-state index is 0.0000806. The Morgan fingerprint density at radius 2 is 1.48 bits per heavy atom. The molecule has 0 spiro atoms. The van der Waals surface area contributed by atoms with Gasteiger partial charge >= 0.3 is 11.9 Å². The molecular formula is C34H38N4O4. The average molecular weight is 567 g/mol. The van der Waals surface area contributed by atoms with Crippen molar-refractivity contribution in [2.45, 2.75) is 65.8 Å². The Bertz CT molecular complexity index is 1820. The van der Waals surface area contributed by atoms with Crippen LogP contribution in [0.15, 0.2) is 36.1 Å². The summed E-state index contributed by atoms with van der Waals surface area (Å²) in [6.45, 7) is 16.4. The molecule has 0 aliphatic carbocycles. The van der Waals surface area contributed by atoms with Crippen LogP contribution < -0.4 is 16.0 Å². The lowest BCUT2D eigenvalue weighted by molar-refractivity contribution is -0.138. The van der Waals surface area contributed by atoms with Gasteiger partial charge in [0.05, 0.1) is 6.04 Å². The van der Waals surface area contributed by atoms with Crippen LogP contribution in [0.3, 0.4) is 0 Å². The molecule has 218 valence electrons. The van der Waals surface area contributed by atoms with Crippen LogP contribution in [0.25, 0.3) is 24.3 Å². The fraction of sp³-hybridized carbons (Fsp3) is 0.294. The molecule has 1 atom stereocenters. The first-order valence-electron chi connectivity index (χ1n) is 14.2. The van der Waals surface area contributed by atoms with E-state index >= 15 is 0 Å². The summed E-state index contributed by atoms with van der Waals surface area (Å²) in [5, 5.41) is 24.3. The number of aromatic amines is 3. The van der Waals surface area contributed by atoms with Crippen LogP contribution in [-0.4, -0.2) is 43.1 Å². The highest BCUT2D eigenvalue weighted by atomic mass is 16.4.